The molecule has 0 spiro atoms. The smallest absolute Gasteiger partial charge is 0.417 e. The molecule has 3 aliphatic rings. The quantitative estimate of drug-likeness (QED) is 0.106. The topological polar surface area (TPSA) is 206 Å². The molecule has 2 amide bonds. The number of β-amino-alcohol motifs (C(OH)–C–C–N with tert-alkyl or cyclic N) is 1. The van der Waals surface area contributed by atoms with Crippen molar-refractivity contribution in [3.63, 3.8) is 0 Å². The summed E-state index contributed by atoms with van der Waals surface area (Å²) in [7, 11) is 0. The summed E-state index contributed by atoms with van der Waals surface area (Å²) in [5.41, 5.74) is -6.72. The van der Waals surface area contributed by atoms with E-state index in [1.54, 1.807) is 0 Å². The summed E-state index contributed by atoms with van der Waals surface area (Å²) in [5, 5.41) is 57.3. The number of nitrogens with zero attached hydrogens (tertiary/aromatic N) is 2. The van der Waals surface area contributed by atoms with E-state index in [0.29, 0.717) is 0 Å². The number of halogens is 6. The van der Waals surface area contributed by atoms with Crippen LogP contribution in [0.3, 0.4) is 0 Å². The molecule has 3 saturated heterocycles. The van der Waals surface area contributed by atoms with Gasteiger partial charge in [-0.2, -0.15) is 26.3 Å². The number of benzene rings is 1. The van der Waals surface area contributed by atoms with Crippen LogP contribution in [0.25, 0.3) is 0 Å². The van der Waals surface area contributed by atoms with Crippen LogP contribution >= 0.6 is 0 Å². The lowest BCUT2D eigenvalue weighted by Gasteiger charge is -2.52. The highest BCUT2D eigenvalue weighted by Crippen LogP contribution is 2.37. The number of nitrogens with one attached hydrogen (secondary N) is 6. The number of fused-ring (bicyclic) bond motifs is 1. The summed E-state index contributed by atoms with van der Waals surface area (Å²) < 4.78 is 84.2. The number of rotatable bonds is 7. The molecule has 3 heterocycles. The fourth-order valence-corrected chi connectivity index (χ4v) is 4.94. The van der Waals surface area contributed by atoms with Gasteiger partial charge >= 0.3 is 24.4 Å². The second-order valence-electron chi connectivity index (χ2n) is 9.28. The average Bonchev–Trinajstić information content (AvgIpc) is 3.39. The number of aliphatic hydroxyl groups is 3. The molecule has 9 N–H and O–H groups in total. The molecule has 0 saturated carbocycles. The molecule has 4 rings (SSSR count). The molecule has 3 aliphatic heterocycles. The minimum Gasteiger partial charge on any atom is -0.460 e. The van der Waals surface area contributed by atoms with Crippen LogP contribution in [0.5, 0.6) is 0 Å². The molecular formula is C21H24F6N8O6. The van der Waals surface area contributed by atoms with Gasteiger partial charge in [-0.3, -0.25) is 15.7 Å². The van der Waals surface area contributed by atoms with Gasteiger partial charge in [-0.05, 0) is 18.2 Å². The first-order valence-corrected chi connectivity index (χ1v) is 11.8. The van der Waals surface area contributed by atoms with Crippen molar-refractivity contribution in [1.29, 1.82) is 10.8 Å². The number of carbonyl (C=O) groups excluding carboxylic acids is 2. The summed E-state index contributed by atoms with van der Waals surface area (Å²) in [6, 6.07) is -2.59. The van der Waals surface area contributed by atoms with Crippen molar-refractivity contribution in [2.24, 2.45) is 0 Å². The first kappa shape index (κ1) is 29.9. The molecule has 1 aromatic carbocycles. The molecule has 0 bridgehead atoms. The first-order chi connectivity index (χ1) is 19.0. The number of hydrogen-bond donors (Lipinski definition) is 9. The van der Waals surface area contributed by atoms with Gasteiger partial charge in [0.25, 0.3) is 0 Å². The zero-order valence-corrected chi connectivity index (χ0v) is 20.6. The minimum atomic E-state index is -5.19. The number of hydrogen-bond acceptors (Lipinski definition) is 8. The molecule has 2 unspecified atom stereocenters. The third kappa shape index (κ3) is 5.48. The van der Waals surface area contributed by atoms with Crippen molar-refractivity contribution in [2.45, 2.75) is 42.6 Å². The van der Waals surface area contributed by atoms with Gasteiger partial charge in [0, 0.05) is 6.54 Å². The van der Waals surface area contributed by atoms with Crippen molar-refractivity contribution in [3.05, 3.63) is 34.9 Å². The predicted molar refractivity (Wildman–Crippen MR) is 123 cm³/mol. The lowest BCUT2D eigenvalue weighted by molar-refractivity contribution is -0.160. The third-order valence-corrected chi connectivity index (χ3v) is 6.80. The van der Waals surface area contributed by atoms with Crippen LogP contribution in [0.1, 0.15) is 21.5 Å². The van der Waals surface area contributed by atoms with E-state index in [2.05, 4.69) is 21.3 Å². The maximum absolute atomic E-state index is 13.4. The fourth-order valence-electron chi connectivity index (χ4n) is 4.94. The lowest BCUT2D eigenvalue weighted by atomic mass is 9.89. The van der Waals surface area contributed by atoms with Crippen LogP contribution in [-0.4, -0.2) is 106 Å². The van der Waals surface area contributed by atoms with Gasteiger partial charge in [0.05, 0.1) is 41.9 Å². The van der Waals surface area contributed by atoms with Crippen LogP contribution in [0.4, 0.5) is 31.1 Å². The van der Waals surface area contributed by atoms with E-state index < -0.39 is 96.4 Å². The normalized spacial score (nSPS) is 26.4. The largest absolute Gasteiger partial charge is 0.460 e. The Kier molecular flexibility index (Phi) is 7.60. The van der Waals surface area contributed by atoms with Gasteiger partial charge in [-0.15, -0.1) is 0 Å². The van der Waals surface area contributed by atoms with E-state index in [9.17, 15) is 51.3 Å². The second-order valence-corrected chi connectivity index (χ2v) is 9.28. The number of urea groups is 1. The van der Waals surface area contributed by atoms with Crippen LogP contribution in [-0.2, 0) is 17.1 Å². The molecule has 14 nitrogen and oxygen atoms in total. The number of ether oxygens (including phenoxy) is 1. The molecular weight excluding hydrogens is 574 g/mol. The van der Waals surface area contributed by atoms with Gasteiger partial charge in [-0.25, -0.2) is 9.59 Å². The maximum Gasteiger partial charge on any atom is 0.417 e. The molecule has 0 aromatic heterocycles. The van der Waals surface area contributed by atoms with Gasteiger partial charge in [0.15, 0.2) is 23.9 Å². The Bertz CT molecular complexity index is 1250. The van der Waals surface area contributed by atoms with E-state index in [1.807, 2.05) is 0 Å². The Labute approximate surface area is 226 Å². The van der Waals surface area contributed by atoms with Crippen LogP contribution in [0.15, 0.2) is 18.2 Å². The number of esters is 1. The van der Waals surface area contributed by atoms with Crippen molar-refractivity contribution in [3.8, 4) is 0 Å². The highest BCUT2D eigenvalue weighted by Gasteiger charge is 2.61. The highest BCUT2D eigenvalue weighted by atomic mass is 19.4. The molecule has 226 valence electrons. The Morgan fingerprint density at radius 3 is 2.39 bits per heavy atom. The van der Waals surface area contributed by atoms with E-state index in [4.69, 9.17) is 15.6 Å². The van der Waals surface area contributed by atoms with Gasteiger partial charge < -0.3 is 46.2 Å². The number of amides is 2. The number of guanidine groups is 2. The zero-order chi connectivity index (χ0) is 30.5. The molecule has 0 radical (unpaired) electrons. The van der Waals surface area contributed by atoms with E-state index in [1.165, 1.54) is 0 Å². The molecule has 41 heavy (non-hydrogen) atoms. The Balaban J connectivity index is 1.55. The summed E-state index contributed by atoms with van der Waals surface area (Å²) in [6.45, 7) is -1.84. The maximum atomic E-state index is 13.4. The summed E-state index contributed by atoms with van der Waals surface area (Å²) in [5.74, 6) is -2.77. The average molecular weight is 598 g/mol. The fraction of sp³-hybridized carbons (Fsp3) is 0.524. The third-order valence-electron chi connectivity index (χ3n) is 6.80. The lowest BCUT2D eigenvalue weighted by Crippen LogP contribution is -2.81. The minimum absolute atomic E-state index is 0.00193. The number of carbonyl (C=O) groups is 2. The number of alkyl halides is 6. The Morgan fingerprint density at radius 1 is 1.15 bits per heavy atom. The van der Waals surface area contributed by atoms with Crippen LogP contribution in [0.2, 0.25) is 0 Å². The summed E-state index contributed by atoms with van der Waals surface area (Å²) in [6.07, 6.45) is -13.8. The van der Waals surface area contributed by atoms with E-state index in [-0.39, 0.29) is 31.3 Å². The number of aliphatic hydroxyl groups excluding tert-OH is 2. The van der Waals surface area contributed by atoms with E-state index in [0.717, 1.165) is 9.80 Å². The molecule has 1 aromatic rings. The van der Waals surface area contributed by atoms with Crippen molar-refractivity contribution in [1.82, 2.24) is 31.1 Å². The molecule has 20 heteroatoms. The summed E-state index contributed by atoms with van der Waals surface area (Å²) >= 11 is 0. The zero-order valence-electron chi connectivity index (χ0n) is 20.6. The predicted octanol–water partition coefficient (Wildman–Crippen LogP) is -1.06. The van der Waals surface area contributed by atoms with Gasteiger partial charge in [0.2, 0.25) is 0 Å². The summed E-state index contributed by atoms with van der Waals surface area (Å²) in [4.78, 5) is 26.5. The van der Waals surface area contributed by atoms with Crippen molar-refractivity contribution >= 4 is 23.9 Å². The molecule has 3 fully saturated rings. The van der Waals surface area contributed by atoms with Crippen molar-refractivity contribution in [2.75, 3.05) is 26.2 Å². The van der Waals surface area contributed by atoms with Crippen LogP contribution < -0.4 is 21.3 Å². The molecule has 0 aliphatic carbocycles. The van der Waals surface area contributed by atoms with E-state index >= 15 is 0 Å². The van der Waals surface area contributed by atoms with Crippen molar-refractivity contribution < 1.29 is 56.0 Å². The standard InChI is InChI=1S/C21H24F6N8O6/c22-20(23,24)8-1-2-10(21(25,26)27)9(5-8)14(37)41-4-3-35-17(29)31-11(7-34-12(36)6-30-18(34)40)13-19(35,15(38)39)33-16(28)32-13/h1-2,5,11-13,15,36,38-39H,3-4,6-7H2,(H2,29,31)(H,30,40)(H3,28,32,33)/t11-,12?,13-,19?/m0/s1. The monoisotopic (exact) mass is 598 g/mol. The SMILES string of the molecule is N=C1N[C@H]2[C@H](CN3C(=O)NCC3O)NC(=N)N(CCOC(=O)c3cc(C(F)(F)F)ccc3C(F)(F)F)C2(C(O)O)N1. The highest BCUT2D eigenvalue weighted by molar-refractivity contribution is 5.92. The first-order valence-electron chi connectivity index (χ1n) is 11.8. The van der Waals surface area contributed by atoms with Gasteiger partial charge in [-0.1, -0.05) is 0 Å². The Morgan fingerprint density at radius 2 is 1.83 bits per heavy atom. The van der Waals surface area contributed by atoms with Crippen LogP contribution in [0, 0.1) is 10.8 Å². The second kappa shape index (κ2) is 10.4. The van der Waals surface area contributed by atoms with Gasteiger partial charge in [0.1, 0.15) is 12.8 Å². The molecule has 4 atom stereocenters. The Hall–Kier alpha value is -4.04.